The van der Waals surface area contributed by atoms with Crippen molar-refractivity contribution in [2.24, 2.45) is 35.3 Å². The van der Waals surface area contributed by atoms with Gasteiger partial charge in [0.25, 0.3) is 0 Å². The Morgan fingerprint density at radius 2 is 1.63 bits per heavy atom. The second-order valence-corrected chi connectivity index (χ2v) is 17.7. The number of carboxylic acid groups (broad SMARTS) is 1. The average Bonchev–Trinajstić information content (AvgIpc) is 3.61. The zero-order chi connectivity index (χ0) is 41.9. The molecule has 17 atom stereocenters. The number of carbonyl (C=O) groups excluding carboxylic acids is 2. The summed E-state index contributed by atoms with van der Waals surface area (Å²) in [6.07, 6.45) is 5.07. The third-order valence-electron chi connectivity index (χ3n) is 14.0. The molecule has 0 aliphatic carbocycles. The minimum Gasteiger partial charge on any atom is -0.481 e. The van der Waals surface area contributed by atoms with Crippen LogP contribution in [0.2, 0.25) is 0 Å². The summed E-state index contributed by atoms with van der Waals surface area (Å²) in [5.41, 5.74) is 5.71. The van der Waals surface area contributed by atoms with Crippen LogP contribution in [0.3, 0.4) is 0 Å². The minimum absolute atomic E-state index is 0.0459. The van der Waals surface area contributed by atoms with Gasteiger partial charge < -0.3 is 54.8 Å². The Balaban J connectivity index is 1.35. The van der Waals surface area contributed by atoms with Crippen LogP contribution >= 0.6 is 0 Å². The first-order valence-electron chi connectivity index (χ1n) is 21.9. The lowest BCUT2D eigenvalue weighted by Crippen LogP contribution is -2.63. The van der Waals surface area contributed by atoms with Gasteiger partial charge in [-0.3, -0.25) is 9.59 Å². The highest BCUT2D eigenvalue weighted by atomic mass is 16.8. The van der Waals surface area contributed by atoms with Crippen LogP contribution < -0.4 is 11.1 Å². The van der Waals surface area contributed by atoms with Gasteiger partial charge in [-0.1, -0.05) is 48.5 Å². The smallest absolute Gasteiger partial charge is 0.407 e. The molecule has 0 aromatic heterocycles. The highest BCUT2D eigenvalue weighted by Crippen LogP contribution is 2.52. The molecule has 4 saturated heterocycles. The second-order valence-electron chi connectivity index (χ2n) is 17.7. The fourth-order valence-electron chi connectivity index (χ4n) is 10.1. The number of Topliss-reactive ketones (excluding diaryl/α,β-unsaturated/α-hetero) is 1. The predicted octanol–water partition coefficient (Wildman–Crippen LogP) is 5.39. The zero-order valence-corrected chi connectivity index (χ0v) is 35.5. The van der Waals surface area contributed by atoms with E-state index in [1.165, 1.54) is 0 Å². The molecule has 6 N–H and O–H groups in total. The minimum atomic E-state index is -1.40. The van der Waals surface area contributed by atoms with Gasteiger partial charge in [-0.15, -0.1) is 0 Å². The van der Waals surface area contributed by atoms with Gasteiger partial charge in [0.05, 0.1) is 60.3 Å². The van der Waals surface area contributed by atoms with Crippen LogP contribution in [-0.4, -0.2) is 112 Å². The van der Waals surface area contributed by atoms with Crippen molar-refractivity contribution in [3.63, 3.8) is 0 Å². The fourth-order valence-corrected chi connectivity index (χ4v) is 10.1. The number of alkyl carbamates (subject to hydrolysis) is 1. The van der Waals surface area contributed by atoms with Gasteiger partial charge in [-0.2, -0.15) is 0 Å². The fraction of sp³-hybridized carbons (Fsp3) is 0.884. The van der Waals surface area contributed by atoms with E-state index >= 15 is 0 Å². The number of rotatable bonds is 15. The van der Waals surface area contributed by atoms with E-state index in [4.69, 9.17) is 34.2 Å². The molecule has 5 rings (SSSR count). The zero-order valence-electron chi connectivity index (χ0n) is 35.5. The molecule has 14 heteroatoms. The molecule has 0 bridgehead atoms. The number of amides is 1. The van der Waals surface area contributed by atoms with E-state index in [2.05, 4.69) is 12.2 Å². The summed E-state index contributed by atoms with van der Waals surface area (Å²) in [7, 11) is 0. The molecule has 0 aromatic carbocycles. The molecule has 5 aliphatic rings. The Kier molecular flexibility index (Phi) is 15.3. The van der Waals surface area contributed by atoms with Crippen LogP contribution in [0.4, 0.5) is 4.79 Å². The SMILES string of the molecule is CCCNC(=O)OC1C=CC2(OC(C(CC)C(=O)C(C)C(O)C(N)C3CCCC(C(CC)C(=O)O)O3)C(C)CC2C)OC12CCC(C1CCC(O)(CC)C(C)O1)O2. The number of hydrogen-bond acceptors (Lipinski definition) is 12. The van der Waals surface area contributed by atoms with E-state index < -0.39 is 83.6 Å². The number of ketones is 1. The van der Waals surface area contributed by atoms with Crippen molar-refractivity contribution >= 4 is 17.8 Å². The topological polar surface area (TPSA) is 205 Å². The molecule has 5 aliphatic heterocycles. The van der Waals surface area contributed by atoms with Crippen molar-refractivity contribution in [1.29, 1.82) is 0 Å². The summed E-state index contributed by atoms with van der Waals surface area (Å²) in [4.78, 5) is 39.3. The highest BCUT2D eigenvalue weighted by molar-refractivity contribution is 5.84. The maximum atomic E-state index is 14.4. The summed E-state index contributed by atoms with van der Waals surface area (Å²) >= 11 is 0. The van der Waals surface area contributed by atoms with Gasteiger partial charge in [-0.05, 0) is 95.6 Å². The molecular weight excluding hydrogens is 736 g/mol. The molecule has 0 saturated carbocycles. The quantitative estimate of drug-likeness (QED) is 0.132. The lowest BCUT2D eigenvalue weighted by molar-refractivity contribution is -0.400. The molecule has 17 unspecified atom stereocenters. The van der Waals surface area contributed by atoms with Gasteiger partial charge >= 0.3 is 12.1 Å². The number of ether oxygens (including phenoxy) is 6. The first-order valence-corrected chi connectivity index (χ1v) is 21.9. The average molecular weight is 809 g/mol. The van der Waals surface area contributed by atoms with Crippen LogP contribution in [0.25, 0.3) is 0 Å². The molecule has 14 nitrogen and oxygen atoms in total. The highest BCUT2D eigenvalue weighted by Gasteiger charge is 2.61. The number of aliphatic hydroxyl groups is 2. The van der Waals surface area contributed by atoms with Crippen LogP contribution in [0.5, 0.6) is 0 Å². The number of carbonyl (C=O) groups is 3. The van der Waals surface area contributed by atoms with Gasteiger partial charge in [0.1, 0.15) is 5.78 Å². The molecular formula is C43H72N2O12. The van der Waals surface area contributed by atoms with Gasteiger partial charge in [0.15, 0.2) is 11.9 Å². The van der Waals surface area contributed by atoms with E-state index in [0.717, 1.165) is 12.8 Å². The summed E-state index contributed by atoms with van der Waals surface area (Å²) in [6.45, 7) is 15.8. The lowest BCUT2D eigenvalue weighted by atomic mass is 9.73. The molecule has 0 aromatic rings. The van der Waals surface area contributed by atoms with Crippen molar-refractivity contribution < 1.29 is 58.1 Å². The van der Waals surface area contributed by atoms with Gasteiger partial charge in [0.2, 0.25) is 5.79 Å². The Morgan fingerprint density at radius 3 is 2.26 bits per heavy atom. The van der Waals surface area contributed by atoms with Crippen LogP contribution in [0.1, 0.15) is 132 Å². The second kappa shape index (κ2) is 19.0. The first-order chi connectivity index (χ1) is 27.0. The predicted molar refractivity (Wildman–Crippen MR) is 211 cm³/mol. The number of nitrogens with one attached hydrogen (secondary N) is 1. The standard InChI is InChI=1S/C43H72N2O12/c1-9-22-45-40(50)54-34-18-21-42(57-43(34)20-17-32(55-43)31-16-19-41(51,12-4)27(8)52-31)25(6)23-24(5)38(56-42)29(11-3)36(46)26(7)37(47)35(44)33-15-13-14-30(53-33)28(10-2)39(48)49/h18,21,24-35,37-38,47,51H,9-17,19-20,22-23,44H2,1-8H3,(H,45,50)(H,48,49). The van der Waals surface area contributed by atoms with Crippen molar-refractivity contribution in [2.45, 2.75) is 204 Å². The van der Waals surface area contributed by atoms with Crippen LogP contribution in [-0.2, 0) is 38.0 Å². The molecule has 1 amide bonds. The van der Waals surface area contributed by atoms with E-state index in [0.29, 0.717) is 70.8 Å². The molecule has 5 heterocycles. The van der Waals surface area contributed by atoms with Crippen LogP contribution in [0, 0.1) is 29.6 Å². The van der Waals surface area contributed by atoms with Crippen LogP contribution in [0.15, 0.2) is 12.2 Å². The molecule has 0 radical (unpaired) electrons. The number of hydrogen-bond donors (Lipinski definition) is 5. The van der Waals surface area contributed by atoms with Crippen molar-refractivity contribution in [3.8, 4) is 0 Å². The maximum Gasteiger partial charge on any atom is 0.407 e. The largest absolute Gasteiger partial charge is 0.481 e. The van der Waals surface area contributed by atoms with E-state index in [-0.39, 0.29) is 35.9 Å². The van der Waals surface area contributed by atoms with Crippen molar-refractivity contribution in [1.82, 2.24) is 5.32 Å². The van der Waals surface area contributed by atoms with E-state index in [9.17, 15) is 29.7 Å². The number of aliphatic carboxylic acids is 1. The third kappa shape index (κ3) is 9.58. The number of carboxylic acids is 1. The van der Waals surface area contributed by atoms with Gasteiger partial charge in [0, 0.05) is 30.7 Å². The Labute approximate surface area is 339 Å². The summed E-state index contributed by atoms with van der Waals surface area (Å²) in [5, 5.41) is 35.1. The lowest BCUT2D eigenvalue weighted by Gasteiger charge is -2.54. The summed E-state index contributed by atoms with van der Waals surface area (Å²) < 4.78 is 39.5. The number of aliphatic hydroxyl groups excluding tert-OH is 1. The van der Waals surface area contributed by atoms with E-state index in [1.54, 1.807) is 19.1 Å². The van der Waals surface area contributed by atoms with Gasteiger partial charge in [-0.25, -0.2) is 4.79 Å². The molecule has 326 valence electrons. The summed E-state index contributed by atoms with van der Waals surface area (Å²) in [6, 6.07) is -0.887. The molecule has 2 spiro atoms. The Hall–Kier alpha value is -2.17. The third-order valence-corrected chi connectivity index (χ3v) is 14.0. The van der Waals surface area contributed by atoms with Crippen molar-refractivity contribution in [2.75, 3.05) is 6.54 Å². The normalized spacial score (nSPS) is 40.9. The molecule has 57 heavy (non-hydrogen) atoms. The summed E-state index contributed by atoms with van der Waals surface area (Å²) in [5.74, 6) is -6.14. The van der Waals surface area contributed by atoms with Crippen molar-refractivity contribution in [3.05, 3.63) is 12.2 Å². The Morgan fingerprint density at radius 1 is 0.947 bits per heavy atom. The number of nitrogens with two attached hydrogens (primary N) is 1. The first kappa shape index (κ1) is 45.9. The Bertz CT molecular complexity index is 1420. The maximum absolute atomic E-state index is 14.4. The monoisotopic (exact) mass is 809 g/mol. The van der Waals surface area contributed by atoms with E-state index in [1.807, 2.05) is 41.5 Å². The molecule has 4 fully saturated rings.